The van der Waals surface area contributed by atoms with Crippen molar-refractivity contribution < 1.29 is 13.5 Å². The van der Waals surface area contributed by atoms with Gasteiger partial charge in [0, 0.05) is 17.6 Å². The van der Waals surface area contributed by atoms with Crippen LogP contribution < -0.4 is 0 Å². The number of hydrogen-bond donors (Lipinski definition) is 1. The highest BCUT2D eigenvalue weighted by Gasteiger charge is 2.42. The van der Waals surface area contributed by atoms with Crippen LogP contribution in [0, 0.1) is 5.92 Å². The van der Waals surface area contributed by atoms with Crippen molar-refractivity contribution in [3.05, 3.63) is 29.8 Å². The maximum Gasteiger partial charge on any atom is 0.179 e. The van der Waals surface area contributed by atoms with E-state index in [1.165, 1.54) is 0 Å². The van der Waals surface area contributed by atoms with Crippen LogP contribution in [0.4, 0.5) is 0 Å². The van der Waals surface area contributed by atoms with E-state index in [4.69, 9.17) is 0 Å². The molecule has 3 unspecified atom stereocenters. The van der Waals surface area contributed by atoms with E-state index in [2.05, 4.69) is 0 Å². The molecule has 1 saturated heterocycles. The topological polar surface area (TPSA) is 54.4 Å². The number of hydrogen-bond acceptors (Lipinski definition) is 4. The van der Waals surface area contributed by atoms with Crippen molar-refractivity contribution in [3.63, 3.8) is 0 Å². The van der Waals surface area contributed by atoms with E-state index in [-0.39, 0.29) is 23.7 Å². The molecule has 3 atom stereocenters. The highest BCUT2D eigenvalue weighted by Crippen LogP contribution is 2.44. The van der Waals surface area contributed by atoms with Gasteiger partial charge in [-0.05, 0) is 17.4 Å². The summed E-state index contributed by atoms with van der Waals surface area (Å²) in [5.74, 6) is 1.80. The van der Waals surface area contributed by atoms with E-state index < -0.39 is 9.84 Å². The average molecular weight is 270 g/mol. The largest absolute Gasteiger partial charge is 0.392 e. The van der Waals surface area contributed by atoms with Gasteiger partial charge in [0.25, 0.3) is 0 Å². The molecule has 2 aliphatic heterocycles. The van der Waals surface area contributed by atoms with Gasteiger partial charge >= 0.3 is 0 Å². The molecule has 17 heavy (non-hydrogen) atoms. The van der Waals surface area contributed by atoms with E-state index in [0.29, 0.717) is 4.90 Å². The molecular formula is C12H14O3S2. The molecule has 0 bridgehead atoms. The number of aliphatic hydroxyl groups is 1. The number of benzene rings is 1. The number of thioether (sulfide) groups is 1. The Morgan fingerprint density at radius 1 is 1.24 bits per heavy atom. The van der Waals surface area contributed by atoms with Crippen LogP contribution in [-0.2, 0) is 9.84 Å². The molecule has 2 heterocycles. The van der Waals surface area contributed by atoms with Gasteiger partial charge < -0.3 is 5.11 Å². The SMILES string of the molecule is O=S1(=O)CC(C2CSCC2O)c2ccccc21. The van der Waals surface area contributed by atoms with Crippen LogP contribution >= 0.6 is 11.8 Å². The lowest BCUT2D eigenvalue weighted by Gasteiger charge is -2.20. The minimum Gasteiger partial charge on any atom is -0.392 e. The number of sulfone groups is 1. The highest BCUT2D eigenvalue weighted by atomic mass is 32.2. The third kappa shape index (κ3) is 1.80. The van der Waals surface area contributed by atoms with E-state index in [1.807, 2.05) is 12.1 Å². The third-order valence-electron chi connectivity index (χ3n) is 3.66. The van der Waals surface area contributed by atoms with Gasteiger partial charge in [-0.2, -0.15) is 11.8 Å². The first-order chi connectivity index (χ1) is 8.09. The van der Waals surface area contributed by atoms with Crippen LogP contribution in [-0.4, -0.2) is 36.9 Å². The van der Waals surface area contributed by atoms with Crippen molar-refractivity contribution in [3.8, 4) is 0 Å². The van der Waals surface area contributed by atoms with Gasteiger partial charge in [-0.15, -0.1) is 0 Å². The predicted molar refractivity (Wildman–Crippen MR) is 68.1 cm³/mol. The molecule has 0 aromatic heterocycles. The zero-order valence-electron chi connectivity index (χ0n) is 9.24. The van der Waals surface area contributed by atoms with Crippen LogP contribution in [0.25, 0.3) is 0 Å². The Bertz CT molecular complexity index is 538. The lowest BCUT2D eigenvalue weighted by atomic mass is 9.86. The molecule has 1 N–H and O–H groups in total. The Hall–Kier alpha value is -0.520. The van der Waals surface area contributed by atoms with Crippen molar-refractivity contribution in [2.24, 2.45) is 5.92 Å². The number of rotatable bonds is 1. The number of fused-ring (bicyclic) bond motifs is 1. The Morgan fingerprint density at radius 2 is 2.00 bits per heavy atom. The fourth-order valence-corrected chi connectivity index (χ4v) is 6.08. The summed E-state index contributed by atoms with van der Waals surface area (Å²) in [6.07, 6.45) is -0.369. The lowest BCUT2D eigenvalue weighted by Crippen LogP contribution is -2.26. The molecule has 1 aromatic rings. The fourth-order valence-electron chi connectivity index (χ4n) is 2.78. The summed E-state index contributed by atoms with van der Waals surface area (Å²) in [5, 5.41) is 9.93. The lowest BCUT2D eigenvalue weighted by molar-refractivity contribution is 0.138. The maximum atomic E-state index is 12.0. The minimum absolute atomic E-state index is 0.0267. The second-order valence-electron chi connectivity index (χ2n) is 4.69. The summed E-state index contributed by atoms with van der Waals surface area (Å²) in [4.78, 5) is 0.467. The first-order valence-electron chi connectivity index (χ1n) is 5.67. The van der Waals surface area contributed by atoms with Gasteiger partial charge in [0.1, 0.15) is 0 Å². The molecule has 1 fully saturated rings. The van der Waals surface area contributed by atoms with Crippen molar-refractivity contribution in [2.45, 2.75) is 16.9 Å². The Kier molecular flexibility index (Phi) is 2.72. The third-order valence-corrected chi connectivity index (χ3v) is 6.70. The number of aliphatic hydroxyl groups excluding tert-OH is 1. The van der Waals surface area contributed by atoms with Gasteiger partial charge in [-0.25, -0.2) is 8.42 Å². The average Bonchev–Trinajstić information content (AvgIpc) is 2.82. The van der Waals surface area contributed by atoms with Crippen molar-refractivity contribution in [1.82, 2.24) is 0 Å². The molecule has 3 rings (SSSR count). The standard InChI is InChI=1S/C12H14O3S2/c13-11-6-16-5-9(11)10-7-17(14,15)12-4-2-1-3-8(10)12/h1-4,9-11,13H,5-7H2. The van der Waals surface area contributed by atoms with Gasteiger partial charge in [-0.3, -0.25) is 0 Å². The Balaban J connectivity index is 2.05. The summed E-state index contributed by atoms with van der Waals surface area (Å²) in [6.45, 7) is 0. The van der Waals surface area contributed by atoms with Crippen LogP contribution in [0.1, 0.15) is 11.5 Å². The summed E-state index contributed by atoms with van der Waals surface area (Å²) in [7, 11) is -3.14. The Labute approximate surface area is 105 Å². The van der Waals surface area contributed by atoms with E-state index >= 15 is 0 Å². The molecule has 0 saturated carbocycles. The quantitative estimate of drug-likeness (QED) is 0.835. The normalized spacial score (nSPS) is 34.8. The van der Waals surface area contributed by atoms with Crippen molar-refractivity contribution in [1.29, 1.82) is 0 Å². The zero-order valence-corrected chi connectivity index (χ0v) is 10.9. The minimum atomic E-state index is -3.14. The van der Waals surface area contributed by atoms with Crippen LogP contribution in [0.5, 0.6) is 0 Å². The molecule has 1 aromatic carbocycles. The summed E-state index contributed by atoms with van der Waals surface area (Å²) >= 11 is 1.71. The van der Waals surface area contributed by atoms with Gasteiger partial charge in [0.2, 0.25) is 0 Å². The zero-order chi connectivity index (χ0) is 12.0. The van der Waals surface area contributed by atoms with E-state index in [9.17, 15) is 13.5 Å². The molecule has 92 valence electrons. The van der Waals surface area contributed by atoms with Gasteiger partial charge in [0.15, 0.2) is 9.84 Å². The fraction of sp³-hybridized carbons (Fsp3) is 0.500. The Morgan fingerprint density at radius 3 is 2.71 bits per heavy atom. The summed E-state index contributed by atoms with van der Waals surface area (Å²) < 4.78 is 24.1. The first kappa shape index (κ1) is 11.6. The molecule has 0 radical (unpaired) electrons. The smallest absolute Gasteiger partial charge is 0.179 e. The van der Waals surface area contributed by atoms with Crippen LogP contribution in [0.2, 0.25) is 0 Å². The summed E-state index contributed by atoms with van der Waals surface area (Å²) in [6, 6.07) is 7.21. The van der Waals surface area contributed by atoms with Gasteiger partial charge in [0.05, 0.1) is 16.8 Å². The molecule has 5 heteroatoms. The van der Waals surface area contributed by atoms with Crippen molar-refractivity contribution in [2.75, 3.05) is 17.3 Å². The molecule has 2 aliphatic rings. The molecule has 0 amide bonds. The first-order valence-corrected chi connectivity index (χ1v) is 8.48. The second kappa shape index (κ2) is 4.00. The molecule has 0 spiro atoms. The highest BCUT2D eigenvalue weighted by molar-refractivity contribution is 7.99. The van der Waals surface area contributed by atoms with E-state index in [0.717, 1.165) is 17.1 Å². The van der Waals surface area contributed by atoms with Crippen LogP contribution in [0.3, 0.4) is 0 Å². The van der Waals surface area contributed by atoms with E-state index in [1.54, 1.807) is 23.9 Å². The predicted octanol–water partition coefficient (Wildman–Crippen LogP) is 1.28. The molecule has 3 nitrogen and oxygen atoms in total. The van der Waals surface area contributed by atoms with Crippen molar-refractivity contribution >= 4 is 21.6 Å². The second-order valence-corrected chi connectivity index (χ2v) is 7.77. The molecule has 0 aliphatic carbocycles. The maximum absolute atomic E-state index is 12.0. The van der Waals surface area contributed by atoms with Crippen LogP contribution in [0.15, 0.2) is 29.2 Å². The summed E-state index contributed by atoms with van der Waals surface area (Å²) in [5.41, 5.74) is 0.902. The monoisotopic (exact) mass is 270 g/mol. The molecular weight excluding hydrogens is 256 g/mol. The van der Waals surface area contributed by atoms with Gasteiger partial charge in [-0.1, -0.05) is 18.2 Å².